The van der Waals surface area contributed by atoms with E-state index in [0.29, 0.717) is 12.1 Å². The van der Waals surface area contributed by atoms with Crippen molar-refractivity contribution in [2.24, 2.45) is 17.6 Å². The molecule has 0 aliphatic carbocycles. The van der Waals surface area contributed by atoms with Crippen LogP contribution in [0.4, 0.5) is 4.39 Å². The Kier molecular flexibility index (Phi) is 4.90. The summed E-state index contributed by atoms with van der Waals surface area (Å²) in [5.74, 6) is -0.138. The van der Waals surface area contributed by atoms with Crippen molar-refractivity contribution < 1.29 is 14.2 Å². The fraction of sp³-hybridized carbons (Fsp3) is 0.538. The van der Waals surface area contributed by atoms with E-state index in [1.807, 2.05) is 13.8 Å². The number of ether oxygens (including phenoxy) is 1. The van der Waals surface area contributed by atoms with Crippen LogP contribution in [0.1, 0.15) is 25.5 Å². The zero-order chi connectivity index (χ0) is 13.0. The maximum atomic E-state index is 13.5. The molecule has 1 aromatic carbocycles. The second-order valence-corrected chi connectivity index (χ2v) is 4.48. The van der Waals surface area contributed by atoms with Gasteiger partial charge in [-0.25, -0.2) is 4.39 Å². The first-order chi connectivity index (χ1) is 8.01. The molecule has 2 unspecified atom stereocenters. The molecule has 3 N–H and O–H groups in total. The van der Waals surface area contributed by atoms with E-state index >= 15 is 0 Å². The molecule has 0 amide bonds. The molecule has 0 bridgehead atoms. The van der Waals surface area contributed by atoms with Gasteiger partial charge in [-0.2, -0.15) is 0 Å². The standard InChI is InChI=1S/C13H20FNO2/c1-8(2)10(7-15)13(16)9-4-5-12(17-3)11(14)6-9/h4-6,8,10,13,16H,7,15H2,1-3H3. The Hall–Kier alpha value is -1.13. The predicted octanol–water partition coefficient (Wildman–Crippen LogP) is 2.10. The minimum absolute atomic E-state index is 0.0807. The van der Waals surface area contributed by atoms with Crippen molar-refractivity contribution >= 4 is 0 Å². The van der Waals surface area contributed by atoms with Gasteiger partial charge in [0.05, 0.1) is 13.2 Å². The lowest BCUT2D eigenvalue weighted by molar-refractivity contribution is 0.0857. The Morgan fingerprint density at radius 1 is 1.41 bits per heavy atom. The molecule has 1 aromatic rings. The molecule has 2 atom stereocenters. The van der Waals surface area contributed by atoms with Crippen molar-refractivity contribution in [2.45, 2.75) is 20.0 Å². The highest BCUT2D eigenvalue weighted by Crippen LogP contribution is 2.29. The number of nitrogens with two attached hydrogens (primary N) is 1. The number of rotatable bonds is 5. The van der Waals surface area contributed by atoms with E-state index in [4.69, 9.17) is 10.5 Å². The first-order valence-electron chi connectivity index (χ1n) is 5.72. The van der Waals surface area contributed by atoms with Crippen LogP contribution in [-0.4, -0.2) is 18.8 Å². The van der Waals surface area contributed by atoms with Gasteiger partial charge >= 0.3 is 0 Å². The van der Waals surface area contributed by atoms with Crippen molar-refractivity contribution in [1.82, 2.24) is 0 Å². The number of hydrogen-bond donors (Lipinski definition) is 2. The summed E-state index contributed by atoms with van der Waals surface area (Å²) in [6.45, 7) is 4.34. The molecule has 0 saturated heterocycles. The normalized spacial score (nSPS) is 14.8. The van der Waals surface area contributed by atoms with Crippen LogP contribution < -0.4 is 10.5 Å². The Balaban J connectivity index is 2.95. The van der Waals surface area contributed by atoms with E-state index in [-0.39, 0.29) is 17.6 Å². The van der Waals surface area contributed by atoms with Crippen LogP contribution in [0.15, 0.2) is 18.2 Å². The molecule has 0 saturated carbocycles. The molecule has 0 spiro atoms. The van der Waals surface area contributed by atoms with Crippen molar-refractivity contribution in [2.75, 3.05) is 13.7 Å². The van der Waals surface area contributed by atoms with Gasteiger partial charge in [0.2, 0.25) is 0 Å². The van der Waals surface area contributed by atoms with Gasteiger partial charge in [-0.15, -0.1) is 0 Å². The van der Waals surface area contributed by atoms with Crippen molar-refractivity contribution in [3.8, 4) is 5.75 Å². The van der Waals surface area contributed by atoms with Crippen LogP contribution in [0.3, 0.4) is 0 Å². The fourth-order valence-electron chi connectivity index (χ4n) is 1.88. The summed E-state index contributed by atoms with van der Waals surface area (Å²) in [6.07, 6.45) is -0.750. The highest BCUT2D eigenvalue weighted by molar-refractivity contribution is 5.30. The lowest BCUT2D eigenvalue weighted by Gasteiger charge is -2.25. The maximum absolute atomic E-state index is 13.5. The van der Waals surface area contributed by atoms with Gasteiger partial charge in [0.15, 0.2) is 11.6 Å². The number of methoxy groups -OCH3 is 1. The number of hydrogen-bond acceptors (Lipinski definition) is 3. The van der Waals surface area contributed by atoms with E-state index < -0.39 is 11.9 Å². The zero-order valence-electron chi connectivity index (χ0n) is 10.5. The number of halogens is 1. The molecule has 96 valence electrons. The molecule has 0 aromatic heterocycles. The van der Waals surface area contributed by atoms with Gasteiger partial charge < -0.3 is 15.6 Å². The van der Waals surface area contributed by atoms with Gasteiger partial charge in [-0.1, -0.05) is 19.9 Å². The summed E-state index contributed by atoms with van der Waals surface area (Å²) in [4.78, 5) is 0. The van der Waals surface area contributed by atoms with Crippen LogP contribution in [0.2, 0.25) is 0 Å². The summed E-state index contributed by atoms with van der Waals surface area (Å²) >= 11 is 0. The van der Waals surface area contributed by atoms with E-state index in [2.05, 4.69) is 0 Å². The van der Waals surface area contributed by atoms with E-state index in [1.165, 1.54) is 19.2 Å². The number of aliphatic hydroxyl groups is 1. The second kappa shape index (κ2) is 5.98. The fourth-order valence-corrected chi connectivity index (χ4v) is 1.88. The van der Waals surface area contributed by atoms with Gasteiger partial charge in [0, 0.05) is 5.92 Å². The Bertz CT molecular complexity index is 368. The highest BCUT2D eigenvalue weighted by atomic mass is 19.1. The third-order valence-corrected chi connectivity index (χ3v) is 3.05. The summed E-state index contributed by atoms with van der Waals surface area (Å²) in [6, 6.07) is 4.48. The lowest BCUT2D eigenvalue weighted by atomic mass is 9.86. The summed E-state index contributed by atoms with van der Waals surface area (Å²) in [7, 11) is 1.41. The minimum Gasteiger partial charge on any atom is -0.494 e. The smallest absolute Gasteiger partial charge is 0.165 e. The molecular weight excluding hydrogens is 221 g/mol. The molecule has 3 nitrogen and oxygen atoms in total. The topological polar surface area (TPSA) is 55.5 Å². The third-order valence-electron chi connectivity index (χ3n) is 3.05. The number of aliphatic hydroxyl groups excluding tert-OH is 1. The van der Waals surface area contributed by atoms with Gasteiger partial charge in [-0.05, 0) is 30.2 Å². The first-order valence-corrected chi connectivity index (χ1v) is 5.72. The molecule has 0 radical (unpaired) electrons. The predicted molar refractivity (Wildman–Crippen MR) is 65.3 cm³/mol. The van der Waals surface area contributed by atoms with Crippen molar-refractivity contribution in [3.63, 3.8) is 0 Å². The first kappa shape index (κ1) is 13.9. The Morgan fingerprint density at radius 3 is 2.47 bits per heavy atom. The van der Waals surface area contributed by atoms with Gasteiger partial charge in [-0.3, -0.25) is 0 Å². The van der Waals surface area contributed by atoms with E-state index in [0.717, 1.165) is 0 Å². The summed E-state index contributed by atoms with van der Waals surface area (Å²) in [5, 5.41) is 10.2. The minimum atomic E-state index is -0.750. The van der Waals surface area contributed by atoms with E-state index in [9.17, 15) is 9.50 Å². The third kappa shape index (κ3) is 3.17. The van der Waals surface area contributed by atoms with Gasteiger partial charge in [0.1, 0.15) is 0 Å². The number of benzene rings is 1. The average molecular weight is 241 g/mol. The van der Waals surface area contributed by atoms with Crippen LogP contribution in [0.25, 0.3) is 0 Å². The van der Waals surface area contributed by atoms with Crippen LogP contribution in [0.5, 0.6) is 5.75 Å². The molecule has 0 heterocycles. The molecule has 4 heteroatoms. The molecule has 0 fully saturated rings. The Labute approximate surface area is 101 Å². The quantitative estimate of drug-likeness (QED) is 0.830. The lowest BCUT2D eigenvalue weighted by Crippen LogP contribution is -2.26. The van der Waals surface area contributed by atoms with E-state index in [1.54, 1.807) is 6.07 Å². The monoisotopic (exact) mass is 241 g/mol. The van der Waals surface area contributed by atoms with Crippen LogP contribution in [0, 0.1) is 17.7 Å². The molecule has 0 aliphatic heterocycles. The van der Waals surface area contributed by atoms with Crippen molar-refractivity contribution in [1.29, 1.82) is 0 Å². The molecule has 17 heavy (non-hydrogen) atoms. The SMILES string of the molecule is COc1ccc(C(O)C(CN)C(C)C)cc1F. The highest BCUT2D eigenvalue weighted by Gasteiger charge is 2.23. The second-order valence-electron chi connectivity index (χ2n) is 4.48. The summed E-state index contributed by atoms with van der Waals surface area (Å²) in [5.41, 5.74) is 6.16. The molecule has 1 rings (SSSR count). The molecule has 0 aliphatic rings. The van der Waals surface area contributed by atoms with Crippen LogP contribution in [-0.2, 0) is 0 Å². The zero-order valence-corrected chi connectivity index (χ0v) is 10.5. The average Bonchev–Trinajstić information content (AvgIpc) is 2.29. The van der Waals surface area contributed by atoms with Gasteiger partial charge in [0.25, 0.3) is 0 Å². The largest absolute Gasteiger partial charge is 0.494 e. The Morgan fingerprint density at radius 2 is 2.06 bits per heavy atom. The maximum Gasteiger partial charge on any atom is 0.165 e. The summed E-state index contributed by atoms with van der Waals surface area (Å²) < 4.78 is 18.3. The molecular formula is C13H20FNO2. The van der Waals surface area contributed by atoms with Crippen LogP contribution >= 0.6 is 0 Å². The van der Waals surface area contributed by atoms with Crippen molar-refractivity contribution in [3.05, 3.63) is 29.6 Å².